The average Bonchev–Trinajstić information content (AvgIpc) is 2.44. The Kier molecular flexibility index (Phi) is 5.67. The molecule has 0 aromatic heterocycles. The third-order valence-electron chi connectivity index (χ3n) is 2.52. The number of aliphatic hydroxyl groups excluding tert-OH is 1. The molecule has 20 heavy (non-hydrogen) atoms. The number of amides is 2. The van der Waals surface area contributed by atoms with Crippen LogP contribution >= 0.6 is 0 Å². The fraction of sp³-hybridized carbons (Fsp3) is 0.308. The predicted octanol–water partition coefficient (Wildman–Crippen LogP) is 0.545. The molecule has 7 nitrogen and oxygen atoms in total. The lowest BCUT2D eigenvalue weighted by Gasteiger charge is -2.14. The van der Waals surface area contributed by atoms with Crippen molar-refractivity contribution in [3.63, 3.8) is 0 Å². The van der Waals surface area contributed by atoms with Crippen molar-refractivity contribution in [2.75, 3.05) is 19.0 Å². The number of Topliss-reactive ketones (excluding diaryl/α,β-unsaturated/α-hetero) is 1. The van der Waals surface area contributed by atoms with E-state index in [9.17, 15) is 14.4 Å². The number of methoxy groups -OCH3 is 1. The van der Waals surface area contributed by atoms with Gasteiger partial charge in [0.2, 0.25) is 0 Å². The fourth-order valence-corrected chi connectivity index (χ4v) is 1.44. The van der Waals surface area contributed by atoms with Crippen LogP contribution in [0.15, 0.2) is 24.3 Å². The Morgan fingerprint density at radius 3 is 2.30 bits per heavy atom. The van der Waals surface area contributed by atoms with Crippen molar-refractivity contribution in [2.24, 2.45) is 0 Å². The van der Waals surface area contributed by atoms with Gasteiger partial charge in [-0.3, -0.25) is 4.79 Å². The van der Waals surface area contributed by atoms with Crippen LogP contribution in [0.1, 0.15) is 17.3 Å². The van der Waals surface area contributed by atoms with Crippen LogP contribution < -0.4 is 10.6 Å². The zero-order valence-corrected chi connectivity index (χ0v) is 11.2. The molecule has 0 spiro atoms. The molecular weight excluding hydrogens is 264 g/mol. The van der Waals surface area contributed by atoms with E-state index in [-0.39, 0.29) is 5.78 Å². The Bertz CT molecular complexity index is 498. The number of ketones is 1. The zero-order valence-electron chi connectivity index (χ0n) is 11.2. The van der Waals surface area contributed by atoms with Crippen molar-refractivity contribution < 1.29 is 24.2 Å². The van der Waals surface area contributed by atoms with E-state index in [0.717, 1.165) is 7.11 Å². The Balaban J connectivity index is 2.61. The van der Waals surface area contributed by atoms with Gasteiger partial charge in [0.1, 0.15) is 0 Å². The van der Waals surface area contributed by atoms with E-state index in [1.807, 2.05) is 0 Å². The molecule has 1 aromatic rings. The van der Waals surface area contributed by atoms with Gasteiger partial charge in [-0.15, -0.1) is 0 Å². The number of carbonyl (C=O) groups is 3. The van der Waals surface area contributed by atoms with Gasteiger partial charge in [0.05, 0.1) is 13.7 Å². The van der Waals surface area contributed by atoms with Crippen molar-refractivity contribution in [3.05, 3.63) is 29.8 Å². The van der Waals surface area contributed by atoms with Crippen molar-refractivity contribution >= 4 is 23.5 Å². The maximum absolute atomic E-state index is 11.6. The summed E-state index contributed by atoms with van der Waals surface area (Å²) in [6, 6.07) is 4.47. The minimum atomic E-state index is -1.13. The van der Waals surface area contributed by atoms with Crippen molar-refractivity contribution in [1.82, 2.24) is 5.32 Å². The first-order chi connectivity index (χ1) is 9.47. The normalized spacial score (nSPS) is 11.3. The number of hydrogen-bond acceptors (Lipinski definition) is 5. The first kappa shape index (κ1) is 15.6. The van der Waals surface area contributed by atoms with Crippen LogP contribution in [0.2, 0.25) is 0 Å². The summed E-state index contributed by atoms with van der Waals surface area (Å²) in [4.78, 5) is 33.9. The molecule has 1 aromatic carbocycles. The van der Waals surface area contributed by atoms with Crippen LogP contribution in [0.3, 0.4) is 0 Å². The van der Waals surface area contributed by atoms with Crippen LogP contribution in [0.25, 0.3) is 0 Å². The van der Waals surface area contributed by atoms with Crippen molar-refractivity contribution in [2.45, 2.75) is 13.0 Å². The molecular formula is C13H16N2O5. The predicted molar refractivity (Wildman–Crippen MR) is 71.5 cm³/mol. The van der Waals surface area contributed by atoms with Crippen molar-refractivity contribution in [1.29, 1.82) is 0 Å². The number of anilines is 1. The van der Waals surface area contributed by atoms with Gasteiger partial charge in [-0.25, -0.2) is 9.59 Å². The Morgan fingerprint density at radius 2 is 1.85 bits per heavy atom. The second-order valence-corrected chi connectivity index (χ2v) is 3.99. The number of benzene rings is 1. The Labute approximate surface area is 115 Å². The van der Waals surface area contributed by atoms with E-state index in [2.05, 4.69) is 15.4 Å². The SMILES string of the molecule is COC(=O)C(CO)NC(=O)Nc1ccc(C(C)=O)cc1. The van der Waals surface area contributed by atoms with Gasteiger partial charge in [-0.05, 0) is 31.2 Å². The molecule has 0 aliphatic rings. The van der Waals surface area contributed by atoms with Gasteiger partial charge in [0, 0.05) is 11.3 Å². The number of esters is 1. The van der Waals surface area contributed by atoms with Gasteiger partial charge in [-0.1, -0.05) is 0 Å². The molecule has 7 heteroatoms. The Hall–Kier alpha value is -2.41. The maximum Gasteiger partial charge on any atom is 0.330 e. The number of hydrogen-bond donors (Lipinski definition) is 3. The molecule has 1 rings (SSSR count). The van der Waals surface area contributed by atoms with E-state index < -0.39 is 24.6 Å². The first-order valence-corrected chi connectivity index (χ1v) is 5.85. The molecule has 0 saturated heterocycles. The smallest absolute Gasteiger partial charge is 0.330 e. The molecule has 2 amide bonds. The third kappa shape index (κ3) is 4.36. The second-order valence-electron chi connectivity index (χ2n) is 3.99. The number of urea groups is 1. The maximum atomic E-state index is 11.6. The number of aliphatic hydroxyl groups is 1. The quantitative estimate of drug-likeness (QED) is 0.539. The van der Waals surface area contributed by atoms with Crippen LogP contribution in [-0.2, 0) is 9.53 Å². The summed E-state index contributed by atoms with van der Waals surface area (Å²) >= 11 is 0. The molecule has 0 fully saturated rings. The zero-order chi connectivity index (χ0) is 15.1. The van der Waals surface area contributed by atoms with E-state index >= 15 is 0 Å². The highest BCUT2D eigenvalue weighted by atomic mass is 16.5. The highest BCUT2D eigenvalue weighted by molar-refractivity contribution is 5.96. The Morgan fingerprint density at radius 1 is 1.25 bits per heavy atom. The van der Waals surface area contributed by atoms with Crippen LogP contribution in [-0.4, -0.2) is 42.6 Å². The van der Waals surface area contributed by atoms with E-state index in [1.54, 1.807) is 24.3 Å². The molecule has 0 bridgehead atoms. The number of rotatable bonds is 5. The number of nitrogens with one attached hydrogen (secondary N) is 2. The van der Waals surface area contributed by atoms with Crippen LogP contribution in [0, 0.1) is 0 Å². The van der Waals surface area contributed by atoms with Gasteiger partial charge in [0.15, 0.2) is 11.8 Å². The second kappa shape index (κ2) is 7.25. The van der Waals surface area contributed by atoms with Gasteiger partial charge < -0.3 is 20.5 Å². The summed E-state index contributed by atoms with van der Waals surface area (Å²) in [5.74, 6) is -0.818. The summed E-state index contributed by atoms with van der Waals surface area (Å²) in [5, 5.41) is 13.7. The van der Waals surface area contributed by atoms with Gasteiger partial charge in [0.25, 0.3) is 0 Å². The lowest BCUT2D eigenvalue weighted by atomic mass is 10.1. The van der Waals surface area contributed by atoms with E-state index in [0.29, 0.717) is 11.3 Å². The molecule has 0 saturated carbocycles. The number of ether oxygens (including phenoxy) is 1. The summed E-state index contributed by atoms with van der Waals surface area (Å²) in [6.45, 7) is 0.876. The molecule has 0 heterocycles. The first-order valence-electron chi connectivity index (χ1n) is 5.85. The van der Waals surface area contributed by atoms with Crippen molar-refractivity contribution in [3.8, 4) is 0 Å². The van der Waals surface area contributed by atoms with E-state index in [4.69, 9.17) is 5.11 Å². The summed E-state index contributed by atoms with van der Waals surface area (Å²) < 4.78 is 4.42. The monoisotopic (exact) mass is 280 g/mol. The molecule has 1 atom stereocenters. The lowest BCUT2D eigenvalue weighted by Crippen LogP contribution is -2.45. The topological polar surface area (TPSA) is 105 Å². The minimum Gasteiger partial charge on any atom is -0.467 e. The number of carbonyl (C=O) groups excluding carboxylic acids is 3. The average molecular weight is 280 g/mol. The molecule has 0 aliphatic heterocycles. The highest BCUT2D eigenvalue weighted by Crippen LogP contribution is 2.09. The fourth-order valence-electron chi connectivity index (χ4n) is 1.44. The summed E-state index contributed by atoms with van der Waals surface area (Å²) in [5.41, 5.74) is 0.979. The molecule has 3 N–H and O–H groups in total. The third-order valence-corrected chi connectivity index (χ3v) is 2.52. The molecule has 108 valence electrons. The van der Waals surface area contributed by atoms with Crippen LogP contribution in [0.5, 0.6) is 0 Å². The minimum absolute atomic E-state index is 0.0768. The molecule has 1 unspecified atom stereocenters. The van der Waals surface area contributed by atoms with E-state index in [1.165, 1.54) is 6.92 Å². The van der Waals surface area contributed by atoms with Gasteiger partial charge >= 0.3 is 12.0 Å². The largest absolute Gasteiger partial charge is 0.467 e. The summed E-state index contributed by atoms with van der Waals surface area (Å²) in [7, 11) is 1.16. The standard InChI is InChI=1S/C13H16N2O5/c1-8(17)9-3-5-10(6-4-9)14-13(19)15-11(7-16)12(18)20-2/h3-6,11,16H,7H2,1-2H3,(H2,14,15,19). The lowest BCUT2D eigenvalue weighted by molar-refractivity contribution is -0.143. The highest BCUT2D eigenvalue weighted by Gasteiger charge is 2.20. The van der Waals surface area contributed by atoms with Gasteiger partial charge in [-0.2, -0.15) is 0 Å². The molecule has 0 radical (unpaired) electrons. The van der Waals surface area contributed by atoms with Crippen LogP contribution in [0.4, 0.5) is 10.5 Å². The summed E-state index contributed by atoms with van der Waals surface area (Å²) in [6.07, 6.45) is 0. The molecule has 0 aliphatic carbocycles.